The number of nitrogens with one attached hydrogen (secondary N) is 3. The first-order valence-corrected chi connectivity index (χ1v) is 9.74. The van der Waals surface area contributed by atoms with Gasteiger partial charge in [-0.3, -0.25) is 4.79 Å². The fourth-order valence-electron chi connectivity index (χ4n) is 2.68. The average Bonchev–Trinajstić information content (AvgIpc) is 3.34. The van der Waals surface area contributed by atoms with Gasteiger partial charge in [0.15, 0.2) is 0 Å². The first-order chi connectivity index (χ1) is 13.9. The third-order valence-electron chi connectivity index (χ3n) is 4.15. The number of hydrogen-bond acceptors (Lipinski definition) is 7. The van der Waals surface area contributed by atoms with E-state index >= 15 is 0 Å². The van der Waals surface area contributed by atoms with E-state index in [0.717, 1.165) is 11.3 Å². The molecule has 0 spiro atoms. The number of aromatic hydroxyl groups is 1. The number of benzene rings is 1. The summed E-state index contributed by atoms with van der Waals surface area (Å²) in [6, 6.07) is 6.90. The highest BCUT2D eigenvalue weighted by Gasteiger charge is 2.22. The number of hydroxylamine groups is 1. The highest BCUT2D eigenvalue weighted by atomic mass is 35.5. The highest BCUT2D eigenvalue weighted by Crippen LogP contribution is 2.30. The van der Waals surface area contributed by atoms with Gasteiger partial charge in [0.05, 0.1) is 22.5 Å². The van der Waals surface area contributed by atoms with Crippen LogP contribution in [0.4, 0.5) is 4.39 Å². The monoisotopic (exact) mass is 440 g/mol. The van der Waals surface area contributed by atoms with Gasteiger partial charge in [0, 0.05) is 17.8 Å². The fourth-order valence-corrected chi connectivity index (χ4v) is 3.70. The maximum absolute atomic E-state index is 13.7. The second-order valence-electron chi connectivity index (χ2n) is 6.09. The van der Waals surface area contributed by atoms with Gasteiger partial charge in [-0.1, -0.05) is 17.7 Å². The number of nitrogens with zero attached hydrogens (tertiary/aromatic N) is 1. The Kier molecular flexibility index (Phi) is 6.83. The lowest BCUT2D eigenvalue weighted by Crippen LogP contribution is -2.30. The van der Waals surface area contributed by atoms with Gasteiger partial charge in [-0.05, 0) is 30.7 Å². The molecule has 0 bridgehead atoms. The van der Waals surface area contributed by atoms with E-state index in [2.05, 4.69) is 15.3 Å². The van der Waals surface area contributed by atoms with Gasteiger partial charge in [-0.2, -0.15) is 0 Å². The Hall–Kier alpha value is -2.50. The second-order valence-corrected chi connectivity index (χ2v) is 7.62. The van der Waals surface area contributed by atoms with Crippen molar-refractivity contribution in [3.63, 3.8) is 0 Å². The number of H-pyrrole nitrogens is 1. The van der Waals surface area contributed by atoms with Crippen molar-refractivity contribution in [2.75, 3.05) is 6.54 Å². The van der Waals surface area contributed by atoms with E-state index in [1.807, 2.05) is 5.48 Å². The number of carbonyl (C=O) groups excluding carboxylic acids is 1. The number of aromatic nitrogens is 2. The van der Waals surface area contributed by atoms with Crippen molar-refractivity contribution in [3.05, 3.63) is 56.8 Å². The Bertz CT molecular complexity index is 1010. The second kappa shape index (κ2) is 9.33. The molecule has 6 N–H and O–H groups in total. The van der Waals surface area contributed by atoms with Gasteiger partial charge in [-0.25, -0.2) is 14.9 Å². The molecule has 1 atom stereocenters. The SMILES string of the molecule is O=C(NC(CCNO)c1nc(O)c(CO)s1)c1ccc(-c2ccc(Cl)c(F)c2)[nH]1. The standard InChI is InChI=1S/C18H18ClFN4O4S/c19-10-2-1-9(7-11(10)20)12-3-4-13(22-12)16(26)23-14(5-6-21-28)18-24-17(27)15(8-25)29-18/h1-4,7,14,21-22,25,27-28H,5-6,8H2,(H,23,26). The van der Waals surface area contributed by atoms with Crippen molar-refractivity contribution in [1.82, 2.24) is 20.8 Å². The summed E-state index contributed by atoms with van der Waals surface area (Å²) < 4.78 is 13.7. The van der Waals surface area contributed by atoms with Crippen LogP contribution in [0.25, 0.3) is 11.3 Å². The summed E-state index contributed by atoms with van der Waals surface area (Å²) in [6.45, 7) is -0.209. The molecule has 1 unspecified atom stereocenters. The van der Waals surface area contributed by atoms with Gasteiger partial charge < -0.3 is 25.7 Å². The summed E-state index contributed by atoms with van der Waals surface area (Å²) in [4.78, 5) is 19.8. The molecule has 2 aromatic heterocycles. The molecule has 29 heavy (non-hydrogen) atoms. The van der Waals surface area contributed by atoms with Crippen molar-refractivity contribution in [2.45, 2.75) is 19.1 Å². The van der Waals surface area contributed by atoms with E-state index in [-0.39, 0.29) is 41.0 Å². The Morgan fingerprint density at radius 2 is 2.14 bits per heavy atom. The number of rotatable bonds is 8. The third kappa shape index (κ3) is 4.92. The number of hydrogen-bond donors (Lipinski definition) is 6. The maximum Gasteiger partial charge on any atom is 0.268 e. The summed E-state index contributed by atoms with van der Waals surface area (Å²) in [5, 5.41) is 31.0. The van der Waals surface area contributed by atoms with Gasteiger partial charge in [0.1, 0.15) is 16.5 Å². The molecule has 0 saturated carbocycles. The van der Waals surface area contributed by atoms with Crippen LogP contribution in [0.15, 0.2) is 30.3 Å². The third-order valence-corrected chi connectivity index (χ3v) is 5.60. The molecular formula is C18H18ClFN4O4S. The molecule has 1 amide bonds. The number of carbonyl (C=O) groups is 1. The van der Waals surface area contributed by atoms with Crippen molar-refractivity contribution in [1.29, 1.82) is 0 Å². The van der Waals surface area contributed by atoms with Gasteiger partial charge >= 0.3 is 0 Å². The first kappa shape index (κ1) is 21.2. The smallest absolute Gasteiger partial charge is 0.268 e. The molecule has 0 saturated heterocycles. The minimum atomic E-state index is -0.613. The number of amides is 1. The molecule has 0 radical (unpaired) electrons. The van der Waals surface area contributed by atoms with Crippen molar-refractivity contribution in [2.24, 2.45) is 0 Å². The largest absolute Gasteiger partial charge is 0.492 e. The van der Waals surface area contributed by atoms with Gasteiger partial charge in [-0.15, -0.1) is 11.3 Å². The van der Waals surface area contributed by atoms with Gasteiger partial charge in [0.2, 0.25) is 5.88 Å². The molecule has 0 fully saturated rings. The molecule has 0 aliphatic rings. The molecule has 3 rings (SSSR count). The van der Waals surface area contributed by atoms with E-state index < -0.39 is 17.8 Å². The van der Waals surface area contributed by atoms with Crippen LogP contribution >= 0.6 is 22.9 Å². The Morgan fingerprint density at radius 3 is 2.79 bits per heavy atom. The molecule has 0 aliphatic carbocycles. The van der Waals surface area contributed by atoms with Crippen molar-refractivity contribution < 1.29 is 24.6 Å². The molecule has 154 valence electrons. The fraction of sp³-hybridized carbons (Fsp3) is 0.222. The molecule has 11 heteroatoms. The van der Waals surface area contributed by atoms with E-state index in [0.29, 0.717) is 16.3 Å². The van der Waals surface area contributed by atoms with Crippen LogP contribution < -0.4 is 10.8 Å². The number of aliphatic hydroxyl groups is 1. The lowest BCUT2D eigenvalue weighted by atomic mass is 10.1. The quantitative estimate of drug-likeness (QED) is 0.299. The first-order valence-electron chi connectivity index (χ1n) is 8.54. The summed E-state index contributed by atoms with van der Waals surface area (Å²) in [5.41, 5.74) is 3.32. The van der Waals surface area contributed by atoms with E-state index in [1.54, 1.807) is 18.2 Å². The molecule has 2 heterocycles. The maximum atomic E-state index is 13.7. The number of aliphatic hydroxyl groups excluding tert-OH is 1. The van der Waals surface area contributed by atoms with E-state index in [4.69, 9.17) is 16.8 Å². The number of aromatic amines is 1. The molecule has 8 nitrogen and oxygen atoms in total. The average molecular weight is 441 g/mol. The van der Waals surface area contributed by atoms with Crippen LogP contribution in [-0.4, -0.2) is 37.8 Å². The lowest BCUT2D eigenvalue weighted by molar-refractivity contribution is 0.0923. The van der Waals surface area contributed by atoms with Crippen molar-refractivity contribution >= 4 is 28.8 Å². The zero-order valence-electron chi connectivity index (χ0n) is 14.9. The minimum Gasteiger partial charge on any atom is -0.492 e. The molecule has 3 aromatic rings. The summed E-state index contributed by atoms with van der Waals surface area (Å²) >= 11 is 6.75. The summed E-state index contributed by atoms with van der Waals surface area (Å²) in [5.74, 6) is -1.31. The molecular weight excluding hydrogens is 423 g/mol. The normalized spacial score (nSPS) is 12.1. The topological polar surface area (TPSA) is 130 Å². The van der Waals surface area contributed by atoms with Crippen LogP contribution in [0.5, 0.6) is 5.88 Å². The van der Waals surface area contributed by atoms with Crippen LogP contribution in [0, 0.1) is 5.82 Å². The van der Waals surface area contributed by atoms with Crippen LogP contribution in [0.1, 0.15) is 32.8 Å². The Labute approximate surface area is 174 Å². The predicted octanol–water partition coefficient (Wildman–Crippen LogP) is 2.97. The summed E-state index contributed by atoms with van der Waals surface area (Å²) in [6.07, 6.45) is 0.288. The van der Waals surface area contributed by atoms with Gasteiger partial charge in [0.25, 0.3) is 5.91 Å². The van der Waals surface area contributed by atoms with E-state index in [1.165, 1.54) is 12.1 Å². The number of halogens is 2. The summed E-state index contributed by atoms with van der Waals surface area (Å²) in [7, 11) is 0. The minimum absolute atomic E-state index is 0.00700. The van der Waals surface area contributed by atoms with Crippen LogP contribution in [-0.2, 0) is 6.61 Å². The molecule has 1 aromatic carbocycles. The number of thiazole rings is 1. The molecule has 0 aliphatic heterocycles. The zero-order chi connectivity index (χ0) is 21.0. The zero-order valence-corrected chi connectivity index (χ0v) is 16.5. The Morgan fingerprint density at radius 1 is 1.34 bits per heavy atom. The van der Waals surface area contributed by atoms with Crippen LogP contribution in [0.2, 0.25) is 5.02 Å². The predicted molar refractivity (Wildman–Crippen MR) is 106 cm³/mol. The van der Waals surface area contributed by atoms with E-state index in [9.17, 15) is 19.4 Å². The Balaban J connectivity index is 1.78. The van der Waals surface area contributed by atoms with Crippen molar-refractivity contribution in [3.8, 4) is 17.1 Å². The van der Waals surface area contributed by atoms with Crippen LogP contribution in [0.3, 0.4) is 0 Å². The highest BCUT2D eigenvalue weighted by molar-refractivity contribution is 7.12. The lowest BCUT2D eigenvalue weighted by Gasteiger charge is -2.15.